The molecule has 1 aliphatic carbocycles. The van der Waals surface area contributed by atoms with E-state index in [4.69, 9.17) is 0 Å². The molecule has 0 amide bonds. The first-order valence-electron chi connectivity index (χ1n) is 7.03. The van der Waals surface area contributed by atoms with Crippen molar-refractivity contribution in [1.29, 1.82) is 0 Å². The van der Waals surface area contributed by atoms with Crippen molar-refractivity contribution in [3.63, 3.8) is 0 Å². The normalized spacial score (nSPS) is 32.2. The summed E-state index contributed by atoms with van der Waals surface area (Å²) in [5.41, 5.74) is 0. The summed E-state index contributed by atoms with van der Waals surface area (Å²) >= 11 is 0. The van der Waals surface area contributed by atoms with Crippen molar-refractivity contribution in [1.82, 2.24) is 5.32 Å². The van der Waals surface area contributed by atoms with Gasteiger partial charge in [0.05, 0.1) is 11.5 Å². The van der Waals surface area contributed by atoms with Gasteiger partial charge in [-0.05, 0) is 38.5 Å². The summed E-state index contributed by atoms with van der Waals surface area (Å²) in [6.45, 7) is 2.23. The quantitative estimate of drug-likeness (QED) is 0.844. The third kappa shape index (κ3) is 3.95. The smallest absolute Gasteiger partial charge is 0.151 e. The van der Waals surface area contributed by atoms with E-state index in [2.05, 4.69) is 12.2 Å². The Kier molecular flexibility index (Phi) is 4.47. The fourth-order valence-corrected chi connectivity index (χ4v) is 4.95. The van der Waals surface area contributed by atoms with Crippen molar-refractivity contribution < 1.29 is 8.42 Å². The van der Waals surface area contributed by atoms with Crippen LogP contribution in [-0.4, -0.2) is 32.0 Å². The molecule has 17 heavy (non-hydrogen) atoms. The molecule has 0 spiro atoms. The molecule has 1 heterocycles. The molecule has 1 N–H and O–H groups in total. The summed E-state index contributed by atoms with van der Waals surface area (Å²) < 4.78 is 23.2. The van der Waals surface area contributed by atoms with Gasteiger partial charge in [-0.25, -0.2) is 8.42 Å². The molecule has 0 aromatic heterocycles. The lowest BCUT2D eigenvalue weighted by Gasteiger charge is -2.33. The zero-order chi connectivity index (χ0) is 12.3. The molecule has 1 aliphatic heterocycles. The lowest BCUT2D eigenvalue weighted by atomic mass is 9.84. The average Bonchev–Trinajstić information content (AvgIpc) is 2.29. The van der Waals surface area contributed by atoms with Crippen LogP contribution in [0.5, 0.6) is 0 Å². The SMILES string of the molecule is C[C@H](NC1CCCS(=O)(=O)C1)C1CCCCC1. The van der Waals surface area contributed by atoms with Gasteiger partial charge in [-0.15, -0.1) is 0 Å². The molecule has 3 nitrogen and oxygen atoms in total. The van der Waals surface area contributed by atoms with Crippen LogP contribution >= 0.6 is 0 Å². The molecular formula is C13H25NO2S. The number of nitrogens with one attached hydrogen (secondary N) is 1. The molecular weight excluding hydrogens is 234 g/mol. The van der Waals surface area contributed by atoms with Gasteiger partial charge in [-0.2, -0.15) is 0 Å². The molecule has 2 aliphatic rings. The van der Waals surface area contributed by atoms with Crippen LogP contribution in [0, 0.1) is 5.92 Å². The zero-order valence-electron chi connectivity index (χ0n) is 10.8. The number of rotatable bonds is 3. The Labute approximate surface area is 105 Å². The fraction of sp³-hybridized carbons (Fsp3) is 1.00. The highest BCUT2D eigenvalue weighted by molar-refractivity contribution is 7.91. The highest BCUT2D eigenvalue weighted by atomic mass is 32.2. The van der Waals surface area contributed by atoms with Crippen LogP contribution in [0.3, 0.4) is 0 Å². The molecule has 0 radical (unpaired) electrons. The first kappa shape index (κ1) is 13.3. The Morgan fingerprint density at radius 2 is 1.76 bits per heavy atom. The second-order valence-electron chi connectivity index (χ2n) is 5.81. The molecule has 2 fully saturated rings. The van der Waals surface area contributed by atoms with Crippen LogP contribution < -0.4 is 5.32 Å². The molecule has 1 unspecified atom stereocenters. The van der Waals surface area contributed by atoms with E-state index in [-0.39, 0.29) is 6.04 Å². The maximum absolute atomic E-state index is 11.6. The van der Waals surface area contributed by atoms with Crippen LogP contribution in [-0.2, 0) is 9.84 Å². The lowest BCUT2D eigenvalue weighted by molar-refractivity contribution is 0.263. The molecule has 1 saturated carbocycles. The highest BCUT2D eigenvalue weighted by Gasteiger charge is 2.28. The second-order valence-corrected chi connectivity index (χ2v) is 8.04. The zero-order valence-corrected chi connectivity index (χ0v) is 11.6. The first-order chi connectivity index (χ1) is 8.07. The number of hydrogen-bond acceptors (Lipinski definition) is 3. The van der Waals surface area contributed by atoms with Gasteiger partial charge < -0.3 is 5.32 Å². The van der Waals surface area contributed by atoms with Gasteiger partial charge in [0, 0.05) is 12.1 Å². The summed E-state index contributed by atoms with van der Waals surface area (Å²) in [7, 11) is -2.77. The van der Waals surface area contributed by atoms with Crippen LogP contribution in [0.2, 0.25) is 0 Å². The van der Waals surface area contributed by atoms with Crippen molar-refractivity contribution in [2.75, 3.05) is 11.5 Å². The number of sulfone groups is 1. The summed E-state index contributed by atoms with van der Waals surface area (Å²) in [5, 5.41) is 3.56. The van der Waals surface area contributed by atoms with Crippen molar-refractivity contribution in [2.45, 2.75) is 64.0 Å². The Hall–Kier alpha value is -0.0900. The van der Waals surface area contributed by atoms with Crippen LogP contribution in [0.1, 0.15) is 51.9 Å². The van der Waals surface area contributed by atoms with E-state index in [1.165, 1.54) is 32.1 Å². The minimum absolute atomic E-state index is 0.200. The summed E-state index contributed by atoms with van der Waals surface area (Å²) in [6, 6.07) is 0.680. The highest BCUT2D eigenvalue weighted by Crippen LogP contribution is 2.27. The van der Waals surface area contributed by atoms with Crippen LogP contribution in [0.4, 0.5) is 0 Å². The first-order valence-corrected chi connectivity index (χ1v) is 8.85. The van der Waals surface area contributed by atoms with E-state index in [0.717, 1.165) is 18.8 Å². The van der Waals surface area contributed by atoms with Gasteiger partial charge in [0.1, 0.15) is 0 Å². The fourth-order valence-electron chi connectivity index (χ4n) is 3.30. The van der Waals surface area contributed by atoms with E-state index in [9.17, 15) is 8.42 Å². The van der Waals surface area contributed by atoms with Crippen molar-refractivity contribution in [3.05, 3.63) is 0 Å². The maximum atomic E-state index is 11.6. The standard InChI is InChI=1S/C13H25NO2S/c1-11(12-6-3-2-4-7-12)14-13-8-5-9-17(15,16)10-13/h11-14H,2-10H2,1H3/t11-,13?/m0/s1. The van der Waals surface area contributed by atoms with E-state index in [1.807, 2.05) is 0 Å². The monoisotopic (exact) mass is 259 g/mol. The third-order valence-electron chi connectivity index (χ3n) is 4.32. The molecule has 0 aromatic rings. The Morgan fingerprint density at radius 1 is 1.06 bits per heavy atom. The second kappa shape index (κ2) is 5.70. The van der Waals surface area contributed by atoms with Gasteiger partial charge in [-0.3, -0.25) is 0 Å². The summed E-state index contributed by atoms with van der Waals surface area (Å²) in [6.07, 6.45) is 8.55. The predicted octanol–water partition coefficient (Wildman–Crippen LogP) is 2.12. The Balaban J connectivity index is 1.83. The van der Waals surface area contributed by atoms with Gasteiger partial charge in [0.2, 0.25) is 0 Å². The topological polar surface area (TPSA) is 46.2 Å². The molecule has 1 saturated heterocycles. The molecule has 0 bridgehead atoms. The van der Waals surface area contributed by atoms with Gasteiger partial charge in [0.25, 0.3) is 0 Å². The summed E-state index contributed by atoms with van der Waals surface area (Å²) in [4.78, 5) is 0. The minimum atomic E-state index is -2.77. The van der Waals surface area contributed by atoms with E-state index >= 15 is 0 Å². The largest absolute Gasteiger partial charge is 0.310 e. The Bertz CT molecular complexity index is 333. The van der Waals surface area contributed by atoms with Crippen molar-refractivity contribution >= 4 is 9.84 Å². The predicted molar refractivity (Wildman–Crippen MR) is 70.8 cm³/mol. The van der Waals surface area contributed by atoms with Crippen molar-refractivity contribution in [2.24, 2.45) is 5.92 Å². The van der Waals surface area contributed by atoms with Gasteiger partial charge in [-0.1, -0.05) is 19.3 Å². The molecule has 2 rings (SSSR count). The van der Waals surface area contributed by atoms with Gasteiger partial charge >= 0.3 is 0 Å². The average molecular weight is 259 g/mol. The van der Waals surface area contributed by atoms with Crippen LogP contribution in [0.15, 0.2) is 0 Å². The number of hydrogen-bond donors (Lipinski definition) is 1. The molecule has 100 valence electrons. The minimum Gasteiger partial charge on any atom is -0.310 e. The Morgan fingerprint density at radius 3 is 2.41 bits per heavy atom. The van der Waals surface area contributed by atoms with Gasteiger partial charge in [0.15, 0.2) is 9.84 Å². The lowest BCUT2D eigenvalue weighted by Crippen LogP contribution is -2.47. The third-order valence-corrected chi connectivity index (χ3v) is 6.14. The van der Waals surface area contributed by atoms with Crippen LogP contribution in [0.25, 0.3) is 0 Å². The van der Waals surface area contributed by atoms with Crippen molar-refractivity contribution in [3.8, 4) is 0 Å². The van der Waals surface area contributed by atoms with E-state index in [0.29, 0.717) is 17.5 Å². The van der Waals surface area contributed by atoms with E-state index in [1.54, 1.807) is 0 Å². The molecule has 4 heteroatoms. The molecule has 2 atom stereocenters. The summed E-state index contributed by atoms with van der Waals surface area (Å²) in [5.74, 6) is 1.50. The van der Waals surface area contributed by atoms with E-state index < -0.39 is 9.84 Å². The molecule has 0 aromatic carbocycles. The maximum Gasteiger partial charge on any atom is 0.151 e.